The Bertz CT molecular complexity index is 1120. The van der Waals surface area contributed by atoms with Crippen LogP contribution in [0.2, 0.25) is 0 Å². The molecule has 5 rings (SSSR count). The minimum Gasteiger partial charge on any atom is -0.484 e. The maximum atomic E-state index is 6.41. The smallest absolute Gasteiger partial charge is 0.198 e. The Morgan fingerprint density at radius 2 is 1.87 bits per heavy atom. The van der Waals surface area contributed by atoms with Crippen molar-refractivity contribution in [1.82, 2.24) is 19.7 Å². The molecule has 0 aliphatic carbocycles. The van der Waals surface area contributed by atoms with Crippen LogP contribution in [0.3, 0.4) is 0 Å². The van der Waals surface area contributed by atoms with Gasteiger partial charge in [0.2, 0.25) is 0 Å². The van der Waals surface area contributed by atoms with Crippen molar-refractivity contribution in [2.75, 3.05) is 6.54 Å². The lowest BCUT2D eigenvalue weighted by atomic mass is 10.1. The molecule has 152 valence electrons. The van der Waals surface area contributed by atoms with E-state index in [-0.39, 0.29) is 6.10 Å². The molecule has 0 radical (unpaired) electrons. The average molecular weight is 419 g/mol. The second kappa shape index (κ2) is 8.38. The number of hydrogen-bond donors (Lipinski definition) is 0. The van der Waals surface area contributed by atoms with Gasteiger partial charge in [0.15, 0.2) is 10.2 Å². The van der Waals surface area contributed by atoms with Crippen LogP contribution in [0, 0.1) is 0 Å². The van der Waals surface area contributed by atoms with Crippen molar-refractivity contribution in [3.8, 4) is 5.75 Å². The largest absolute Gasteiger partial charge is 0.484 e. The number of aryl methyl sites for hydroxylation is 1. The summed E-state index contributed by atoms with van der Waals surface area (Å²) < 4.78 is 14.4. The summed E-state index contributed by atoms with van der Waals surface area (Å²) in [4.78, 5) is 2.37. The van der Waals surface area contributed by atoms with Crippen LogP contribution in [-0.2, 0) is 20.1 Å². The summed E-state index contributed by atoms with van der Waals surface area (Å²) in [6.07, 6.45) is 1.65. The molecule has 0 spiro atoms. The minimum absolute atomic E-state index is 0.0303. The number of para-hydroxylation sites is 1. The van der Waals surface area contributed by atoms with E-state index in [9.17, 15) is 0 Å². The van der Waals surface area contributed by atoms with Crippen LogP contribution in [0.25, 0.3) is 0 Å². The van der Waals surface area contributed by atoms with Crippen LogP contribution in [-0.4, -0.2) is 26.2 Å². The second-order valence-corrected chi connectivity index (χ2v) is 8.31. The van der Waals surface area contributed by atoms with E-state index >= 15 is 0 Å². The number of hydrogen-bond acceptors (Lipinski definition) is 6. The fourth-order valence-corrected chi connectivity index (χ4v) is 4.36. The van der Waals surface area contributed by atoms with E-state index in [2.05, 4.69) is 57.6 Å². The molecule has 1 atom stereocenters. The third-order valence-electron chi connectivity index (χ3n) is 5.11. The number of aromatic nitrogens is 3. The van der Waals surface area contributed by atoms with Crippen LogP contribution in [0.1, 0.15) is 23.0 Å². The molecule has 1 unspecified atom stereocenters. The maximum Gasteiger partial charge on any atom is 0.198 e. The molecule has 3 heterocycles. The SMILES string of the molecule is Cn1cnnc1Sc1ccc(CN2Cc3ccccc3OC(c3ccccc3)C2)o1. The van der Waals surface area contributed by atoms with E-state index in [1.165, 1.54) is 22.9 Å². The fourth-order valence-electron chi connectivity index (χ4n) is 3.61. The number of fused-ring (bicyclic) bond motifs is 1. The van der Waals surface area contributed by atoms with Crippen LogP contribution >= 0.6 is 11.8 Å². The Labute approximate surface area is 179 Å². The molecule has 7 heteroatoms. The van der Waals surface area contributed by atoms with Gasteiger partial charge in [0.1, 0.15) is 23.9 Å². The van der Waals surface area contributed by atoms with Crippen LogP contribution in [0.4, 0.5) is 0 Å². The number of rotatable bonds is 5. The maximum absolute atomic E-state index is 6.41. The molecule has 0 N–H and O–H groups in total. The number of furan rings is 1. The van der Waals surface area contributed by atoms with Crippen molar-refractivity contribution < 1.29 is 9.15 Å². The van der Waals surface area contributed by atoms with Crippen molar-refractivity contribution in [3.05, 3.63) is 89.9 Å². The molecular weight excluding hydrogens is 396 g/mol. The Balaban J connectivity index is 1.36. The lowest BCUT2D eigenvalue weighted by Crippen LogP contribution is -2.27. The van der Waals surface area contributed by atoms with Gasteiger partial charge in [0.05, 0.1) is 6.54 Å². The standard InChI is InChI=1S/C23H22N4O2S/c1-26-16-24-25-23(26)30-22-12-11-19(28-22)14-27-13-18-9-5-6-10-20(18)29-21(15-27)17-7-3-2-4-8-17/h2-12,16,21H,13-15H2,1H3. The Hall–Kier alpha value is -3.03. The van der Waals surface area contributed by atoms with Crippen molar-refractivity contribution >= 4 is 11.8 Å². The molecular formula is C23H22N4O2S. The summed E-state index contributed by atoms with van der Waals surface area (Å²) in [5.41, 5.74) is 2.37. The third kappa shape index (κ3) is 4.13. The van der Waals surface area contributed by atoms with Crippen molar-refractivity contribution in [2.45, 2.75) is 29.4 Å². The Kier molecular flexibility index (Phi) is 5.29. The van der Waals surface area contributed by atoms with Gasteiger partial charge in [-0.15, -0.1) is 10.2 Å². The van der Waals surface area contributed by atoms with E-state index in [0.717, 1.165) is 34.8 Å². The van der Waals surface area contributed by atoms with Crippen LogP contribution < -0.4 is 4.74 Å². The zero-order valence-corrected chi connectivity index (χ0v) is 17.5. The second-order valence-electron chi connectivity index (χ2n) is 7.34. The third-order valence-corrected chi connectivity index (χ3v) is 6.08. The van der Waals surface area contributed by atoms with Gasteiger partial charge in [-0.25, -0.2) is 0 Å². The molecule has 0 bridgehead atoms. The minimum atomic E-state index is -0.0303. The predicted octanol–water partition coefficient (Wildman–Crippen LogP) is 4.70. The predicted molar refractivity (Wildman–Crippen MR) is 114 cm³/mol. The average Bonchev–Trinajstić information content (AvgIpc) is 3.33. The van der Waals surface area contributed by atoms with E-state index in [0.29, 0.717) is 6.54 Å². The summed E-state index contributed by atoms with van der Waals surface area (Å²) >= 11 is 1.47. The monoisotopic (exact) mass is 418 g/mol. The molecule has 1 aliphatic rings. The summed E-state index contributed by atoms with van der Waals surface area (Å²) in [5, 5.41) is 9.64. The lowest BCUT2D eigenvalue weighted by Gasteiger charge is -2.23. The highest BCUT2D eigenvalue weighted by Crippen LogP contribution is 2.33. The van der Waals surface area contributed by atoms with E-state index in [1.807, 2.05) is 35.9 Å². The van der Waals surface area contributed by atoms with Crippen molar-refractivity contribution in [2.24, 2.45) is 7.05 Å². The summed E-state index contributed by atoms with van der Waals surface area (Å²) in [6, 6.07) is 22.7. The first-order valence-electron chi connectivity index (χ1n) is 9.87. The van der Waals surface area contributed by atoms with Gasteiger partial charge in [0, 0.05) is 25.7 Å². The van der Waals surface area contributed by atoms with Gasteiger partial charge >= 0.3 is 0 Å². The van der Waals surface area contributed by atoms with E-state index in [1.54, 1.807) is 6.33 Å². The molecule has 4 aromatic rings. The van der Waals surface area contributed by atoms with Crippen LogP contribution in [0.5, 0.6) is 5.75 Å². The van der Waals surface area contributed by atoms with Gasteiger partial charge in [-0.05, 0) is 35.5 Å². The number of nitrogens with zero attached hydrogens (tertiary/aromatic N) is 4. The van der Waals surface area contributed by atoms with Crippen molar-refractivity contribution in [1.29, 1.82) is 0 Å². The van der Waals surface area contributed by atoms with E-state index in [4.69, 9.17) is 9.15 Å². The Morgan fingerprint density at radius 1 is 1.03 bits per heavy atom. The van der Waals surface area contributed by atoms with Gasteiger partial charge in [-0.2, -0.15) is 0 Å². The molecule has 0 saturated heterocycles. The molecule has 0 amide bonds. The van der Waals surface area contributed by atoms with Gasteiger partial charge < -0.3 is 13.7 Å². The fraction of sp³-hybridized carbons (Fsp3) is 0.217. The molecule has 30 heavy (non-hydrogen) atoms. The van der Waals surface area contributed by atoms with Crippen molar-refractivity contribution in [3.63, 3.8) is 0 Å². The first kappa shape index (κ1) is 19.0. The molecule has 0 saturated carbocycles. The summed E-state index contributed by atoms with van der Waals surface area (Å²) in [5.74, 6) is 1.87. The molecule has 2 aromatic heterocycles. The zero-order chi connectivity index (χ0) is 20.3. The normalized spacial score (nSPS) is 16.6. The highest BCUT2D eigenvalue weighted by atomic mass is 32.2. The molecule has 2 aromatic carbocycles. The molecule has 6 nitrogen and oxygen atoms in total. The van der Waals surface area contributed by atoms with E-state index < -0.39 is 0 Å². The summed E-state index contributed by atoms with van der Waals surface area (Å²) in [6.45, 7) is 2.30. The highest BCUT2D eigenvalue weighted by molar-refractivity contribution is 7.99. The zero-order valence-electron chi connectivity index (χ0n) is 16.6. The summed E-state index contributed by atoms with van der Waals surface area (Å²) in [7, 11) is 1.92. The van der Waals surface area contributed by atoms with Gasteiger partial charge in [0.25, 0.3) is 0 Å². The quantitative estimate of drug-likeness (QED) is 0.468. The first-order chi connectivity index (χ1) is 14.7. The Morgan fingerprint density at radius 3 is 2.70 bits per heavy atom. The molecule has 0 fully saturated rings. The lowest BCUT2D eigenvalue weighted by molar-refractivity contribution is 0.137. The highest BCUT2D eigenvalue weighted by Gasteiger charge is 2.25. The van der Waals surface area contributed by atoms with Gasteiger partial charge in [-0.1, -0.05) is 48.5 Å². The topological polar surface area (TPSA) is 56.3 Å². The number of benzene rings is 2. The van der Waals surface area contributed by atoms with Gasteiger partial charge in [-0.3, -0.25) is 4.90 Å². The number of ether oxygens (including phenoxy) is 1. The van der Waals surface area contributed by atoms with Crippen LogP contribution in [0.15, 0.2) is 87.7 Å². The molecule has 1 aliphatic heterocycles. The first-order valence-corrected chi connectivity index (χ1v) is 10.7.